The van der Waals surface area contributed by atoms with E-state index in [-0.39, 0.29) is 11.8 Å². The minimum Gasteiger partial charge on any atom is -0.335 e. The molecule has 0 aliphatic carbocycles. The summed E-state index contributed by atoms with van der Waals surface area (Å²) in [4.78, 5) is 29.9. The fourth-order valence-corrected chi connectivity index (χ4v) is 2.73. The summed E-state index contributed by atoms with van der Waals surface area (Å²) in [5, 5.41) is 0. The van der Waals surface area contributed by atoms with Crippen LogP contribution in [0.3, 0.4) is 0 Å². The molecule has 5 nitrogen and oxygen atoms in total. The van der Waals surface area contributed by atoms with Gasteiger partial charge in [0.25, 0.3) is 0 Å². The van der Waals surface area contributed by atoms with Crippen molar-refractivity contribution in [2.75, 3.05) is 39.3 Å². The molecule has 5 heteroatoms. The zero-order valence-corrected chi connectivity index (χ0v) is 13.5. The maximum atomic E-state index is 12.2. The monoisotopic (exact) mass is 303 g/mol. The predicted molar refractivity (Wildman–Crippen MR) is 86.2 cm³/mol. The van der Waals surface area contributed by atoms with E-state index in [1.807, 2.05) is 32.0 Å². The number of carbonyl (C=O) groups excluding carboxylic acids is 2. The van der Waals surface area contributed by atoms with Gasteiger partial charge in [0.2, 0.25) is 0 Å². The van der Waals surface area contributed by atoms with Crippen molar-refractivity contribution in [3.05, 3.63) is 35.9 Å². The summed E-state index contributed by atoms with van der Waals surface area (Å²) in [6.07, 6.45) is 0. The molecule has 1 aromatic rings. The lowest BCUT2D eigenvalue weighted by Crippen LogP contribution is -2.53. The van der Waals surface area contributed by atoms with Crippen molar-refractivity contribution in [2.45, 2.75) is 20.4 Å². The van der Waals surface area contributed by atoms with E-state index in [4.69, 9.17) is 0 Å². The number of amides is 2. The van der Waals surface area contributed by atoms with Crippen molar-refractivity contribution < 1.29 is 9.59 Å². The number of piperazine rings is 1. The third kappa shape index (κ3) is 4.07. The zero-order chi connectivity index (χ0) is 15.9. The van der Waals surface area contributed by atoms with Crippen LogP contribution in [0.15, 0.2) is 30.3 Å². The van der Waals surface area contributed by atoms with Crippen LogP contribution in [0.1, 0.15) is 19.4 Å². The molecule has 22 heavy (non-hydrogen) atoms. The van der Waals surface area contributed by atoms with Crippen LogP contribution in [0, 0.1) is 0 Å². The van der Waals surface area contributed by atoms with Crippen LogP contribution in [-0.2, 0) is 16.1 Å². The third-order valence-corrected chi connectivity index (χ3v) is 4.14. The molecule has 0 spiro atoms. The zero-order valence-electron chi connectivity index (χ0n) is 13.5. The Bertz CT molecular complexity index is 492. The lowest BCUT2D eigenvalue weighted by molar-refractivity contribution is -0.152. The summed E-state index contributed by atoms with van der Waals surface area (Å²) in [6.45, 7) is 8.71. The number of nitrogens with zero attached hydrogens (tertiary/aromatic N) is 3. The molecule has 1 saturated heterocycles. The molecule has 1 aliphatic heterocycles. The van der Waals surface area contributed by atoms with E-state index in [9.17, 15) is 9.59 Å². The molecule has 0 bridgehead atoms. The van der Waals surface area contributed by atoms with Gasteiger partial charge in [-0.2, -0.15) is 0 Å². The first-order valence-electron chi connectivity index (χ1n) is 8.00. The molecular weight excluding hydrogens is 278 g/mol. The maximum Gasteiger partial charge on any atom is 0.312 e. The van der Waals surface area contributed by atoms with Gasteiger partial charge in [0.1, 0.15) is 0 Å². The largest absolute Gasteiger partial charge is 0.335 e. The van der Waals surface area contributed by atoms with Crippen LogP contribution >= 0.6 is 0 Å². The number of carbonyl (C=O) groups is 2. The SMILES string of the molecule is CCN(CC)C(=O)C(=O)N1CCN(Cc2ccccc2)CC1. The van der Waals surface area contributed by atoms with E-state index in [1.54, 1.807) is 9.80 Å². The molecule has 120 valence electrons. The van der Waals surface area contributed by atoms with Gasteiger partial charge < -0.3 is 9.80 Å². The van der Waals surface area contributed by atoms with Gasteiger partial charge in [-0.05, 0) is 19.4 Å². The van der Waals surface area contributed by atoms with Gasteiger partial charge in [-0.25, -0.2) is 0 Å². The summed E-state index contributed by atoms with van der Waals surface area (Å²) in [5.74, 6) is -0.732. The molecule has 0 aromatic heterocycles. The number of rotatable bonds is 4. The van der Waals surface area contributed by atoms with Crippen LogP contribution < -0.4 is 0 Å². The molecule has 0 radical (unpaired) electrons. The molecular formula is C17H25N3O2. The Morgan fingerprint density at radius 1 is 1.00 bits per heavy atom. The lowest BCUT2D eigenvalue weighted by Gasteiger charge is -2.35. The van der Waals surface area contributed by atoms with Crippen LogP contribution in [-0.4, -0.2) is 65.8 Å². The first-order valence-corrected chi connectivity index (χ1v) is 8.00. The number of hydrogen-bond acceptors (Lipinski definition) is 3. The Balaban J connectivity index is 1.84. The molecule has 1 heterocycles. The number of likely N-dealkylation sites (N-methyl/N-ethyl adjacent to an activating group) is 1. The Hall–Kier alpha value is -1.88. The van der Waals surface area contributed by atoms with Crippen molar-refractivity contribution in [2.24, 2.45) is 0 Å². The minimum absolute atomic E-state index is 0.358. The van der Waals surface area contributed by atoms with Crippen molar-refractivity contribution >= 4 is 11.8 Å². The Kier molecular flexibility index (Phi) is 5.95. The quantitative estimate of drug-likeness (QED) is 0.785. The molecule has 0 atom stereocenters. The van der Waals surface area contributed by atoms with E-state index >= 15 is 0 Å². The summed E-state index contributed by atoms with van der Waals surface area (Å²) in [7, 11) is 0. The van der Waals surface area contributed by atoms with E-state index in [0.29, 0.717) is 26.2 Å². The molecule has 2 rings (SSSR count). The van der Waals surface area contributed by atoms with Crippen molar-refractivity contribution in [3.8, 4) is 0 Å². The molecule has 2 amide bonds. The second kappa shape index (κ2) is 7.94. The normalized spacial score (nSPS) is 15.6. The van der Waals surface area contributed by atoms with Crippen LogP contribution in [0.4, 0.5) is 0 Å². The molecule has 0 saturated carbocycles. The van der Waals surface area contributed by atoms with Crippen LogP contribution in [0.25, 0.3) is 0 Å². The highest BCUT2D eigenvalue weighted by atomic mass is 16.2. The summed E-state index contributed by atoms with van der Waals surface area (Å²) >= 11 is 0. The number of benzene rings is 1. The highest BCUT2D eigenvalue weighted by Gasteiger charge is 2.28. The van der Waals surface area contributed by atoms with Crippen molar-refractivity contribution in [3.63, 3.8) is 0 Å². The topological polar surface area (TPSA) is 43.9 Å². The number of hydrogen-bond donors (Lipinski definition) is 0. The summed E-state index contributed by atoms with van der Waals surface area (Å²) < 4.78 is 0. The van der Waals surface area contributed by atoms with Gasteiger partial charge in [-0.15, -0.1) is 0 Å². The average molecular weight is 303 g/mol. The van der Waals surface area contributed by atoms with Gasteiger partial charge in [-0.3, -0.25) is 14.5 Å². The Labute approximate surface area is 132 Å². The van der Waals surface area contributed by atoms with E-state index in [0.717, 1.165) is 19.6 Å². The van der Waals surface area contributed by atoms with Crippen LogP contribution in [0.2, 0.25) is 0 Å². The fourth-order valence-electron chi connectivity index (χ4n) is 2.73. The summed E-state index contributed by atoms with van der Waals surface area (Å²) in [6, 6.07) is 10.3. The Morgan fingerprint density at radius 3 is 2.14 bits per heavy atom. The van der Waals surface area contributed by atoms with E-state index < -0.39 is 0 Å². The second-order valence-corrected chi connectivity index (χ2v) is 5.53. The Morgan fingerprint density at radius 2 is 1.59 bits per heavy atom. The first kappa shape index (κ1) is 16.5. The average Bonchev–Trinajstić information content (AvgIpc) is 2.57. The second-order valence-electron chi connectivity index (χ2n) is 5.53. The van der Waals surface area contributed by atoms with E-state index in [1.165, 1.54) is 5.56 Å². The van der Waals surface area contributed by atoms with E-state index in [2.05, 4.69) is 17.0 Å². The molecule has 1 aliphatic rings. The third-order valence-electron chi connectivity index (χ3n) is 4.14. The molecule has 1 fully saturated rings. The van der Waals surface area contributed by atoms with Crippen molar-refractivity contribution in [1.29, 1.82) is 0 Å². The molecule has 0 N–H and O–H groups in total. The first-order chi connectivity index (χ1) is 10.7. The van der Waals surface area contributed by atoms with Gasteiger partial charge >= 0.3 is 11.8 Å². The van der Waals surface area contributed by atoms with Gasteiger partial charge in [0.05, 0.1) is 0 Å². The molecule has 0 unspecified atom stereocenters. The molecule has 1 aromatic carbocycles. The van der Waals surface area contributed by atoms with Gasteiger partial charge in [0.15, 0.2) is 0 Å². The predicted octanol–water partition coefficient (Wildman–Crippen LogP) is 1.20. The highest BCUT2D eigenvalue weighted by molar-refractivity contribution is 6.34. The standard InChI is InChI=1S/C17H25N3O2/c1-3-19(4-2)16(21)17(22)20-12-10-18(11-13-20)14-15-8-6-5-7-9-15/h5-9H,3-4,10-14H2,1-2H3. The smallest absolute Gasteiger partial charge is 0.312 e. The highest BCUT2D eigenvalue weighted by Crippen LogP contribution is 2.09. The lowest BCUT2D eigenvalue weighted by atomic mass is 10.2. The maximum absolute atomic E-state index is 12.2. The van der Waals surface area contributed by atoms with Gasteiger partial charge in [-0.1, -0.05) is 30.3 Å². The van der Waals surface area contributed by atoms with Crippen LogP contribution in [0.5, 0.6) is 0 Å². The fraction of sp³-hybridized carbons (Fsp3) is 0.529. The summed E-state index contributed by atoms with van der Waals surface area (Å²) in [5.41, 5.74) is 1.28. The van der Waals surface area contributed by atoms with Gasteiger partial charge in [0, 0.05) is 45.8 Å². The minimum atomic E-state index is -0.374. The van der Waals surface area contributed by atoms with Crippen molar-refractivity contribution in [1.82, 2.24) is 14.7 Å².